The fraction of sp³-hybridized carbons (Fsp3) is 0.148. The first-order valence-electron chi connectivity index (χ1n) is 10.8. The van der Waals surface area contributed by atoms with Gasteiger partial charge in [-0.25, -0.2) is 0 Å². The zero-order chi connectivity index (χ0) is 23.9. The minimum atomic E-state index is -0.315. The summed E-state index contributed by atoms with van der Waals surface area (Å²) in [5, 5.41) is 8.98. The third-order valence-corrected chi connectivity index (χ3v) is 6.05. The SMILES string of the molecule is CCOc1cc(/C=C2/SC(=O)N(Cc3ccccc3)C2=O)ccc1OCc1ccccc1C#N. The second-order valence-electron chi connectivity index (χ2n) is 7.45. The van der Waals surface area contributed by atoms with Crippen LogP contribution < -0.4 is 9.47 Å². The second-order valence-corrected chi connectivity index (χ2v) is 8.44. The van der Waals surface area contributed by atoms with Gasteiger partial charge in [0.2, 0.25) is 0 Å². The summed E-state index contributed by atoms with van der Waals surface area (Å²) in [5.74, 6) is 0.739. The van der Waals surface area contributed by atoms with Gasteiger partial charge in [0.1, 0.15) is 6.61 Å². The summed E-state index contributed by atoms with van der Waals surface area (Å²) < 4.78 is 11.7. The maximum Gasteiger partial charge on any atom is 0.293 e. The molecule has 0 atom stereocenters. The van der Waals surface area contributed by atoms with Crippen LogP contribution in [0.25, 0.3) is 6.08 Å². The Morgan fingerprint density at radius 3 is 2.50 bits per heavy atom. The molecule has 1 aliphatic heterocycles. The molecule has 6 nitrogen and oxygen atoms in total. The van der Waals surface area contributed by atoms with Crippen LogP contribution in [0.1, 0.15) is 29.2 Å². The predicted octanol–water partition coefficient (Wildman–Crippen LogP) is 5.77. The molecule has 4 rings (SSSR count). The first kappa shape index (κ1) is 23.1. The number of amides is 2. The number of imide groups is 1. The highest BCUT2D eigenvalue weighted by Crippen LogP contribution is 2.35. The molecule has 1 heterocycles. The molecule has 7 heteroatoms. The van der Waals surface area contributed by atoms with Crippen molar-refractivity contribution in [2.45, 2.75) is 20.1 Å². The average Bonchev–Trinajstić information content (AvgIpc) is 3.12. The Hall–Kier alpha value is -4.02. The summed E-state index contributed by atoms with van der Waals surface area (Å²) in [6, 6.07) is 24.2. The molecule has 2 amide bonds. The molecule has 0 unspecified atom stereocenters. The molecule has 0 saturated carbocycles. The molecule has 3 aromatic rings. The van der Waals surface area contributed by atoms with Gasteiger partial charge >= 0.3 is 0 Å². The zero-order valence-corrected chi connectivity index (χ0v) is 19.4. The Labute approximate surface area is 202 Å². The van der Waals surface area contributed by atoms with Gasteiger partial charge in [-0.15, -0.1) is 0 Å². The maximum absolute atomic E-state index is 12.9. The van der Waals surface area contributed by atoms with E-state index in [1.807, 2.05) is 55.5 Å². The van der Waals surface area contributed by atoms with E-state index in [0.29, 0.717) is 28.6 Å². The number of hydrogen-bond donors (Lipinski definition) is 0. The minimum absolute atomic E-state index is 0.224. The monoisotopic (exact) mass is 470 g/mol. The molecule has 0 spiro atoms. The van der Waals surface area contributed by atoms with Crippen LogP contribution in [0.3, 0.4) is 0 Å². The molecule has 0 bridgehead atoms. The summed E-state index contributed by atoms with van der Waals surface area (Å²) in [6.45, 7) is 2.77. The van der Waals surface area contributed by atoms with E-state index < -0.39 is 0 Å². The van der Waals surface area contributed by atoms with Crippen LogP contribution in [0, 0.1) is 11.3 Å². The van der Waals surface area contributed by atoms with Crippen molar-refractivity contribution < 1.29 is 19.1 Å². The van der Waals surface area contributed by atoms with Crippen LogP contribution in [-0.2, 0) is 17.9 Å². The standard InChI is InChI=1S/C27H22N2O4S/c1-2-32-24-14-20(12-13-23(24)33-18-22-11-7-6-10-21(22)16-28)15-25-26(30)29(27(31)34-25)17-19-8-4-3-5-9-19/h3-15H,2,17-18H2,1H3/b25-15+. The molecule has 1 saturated heterocycles. The number of carbonyl (C=O) groups is 2. The Balaban J connectivity index is 1.52. The van der Waals surface area contributed by atoms with Gasteiger partial charge < -0.3 is 9.47 Å². The third kappa shape index (κ3) is 5.30. The Bertz CT molecular complexity index is 1280. The second kappa shape index (κ2) is 10.7. The number of nitriles is 1. The fourth-order valence-electron chi connectivity index (χ4n) is 3.47. The third-order valence-electron chi connectivity index (χ3n) is 5.14. The lowest BCUT2D eigenvalue weighted by molar-refractivity contribution is -0.123. The van der Waals surface area contributed by atoms with Crippen molar-refractivity contribution in [3.05, 3.63) is 100.0 Å². The molecule has 3 aromatic carbocycles. The average molecular weight is 471 g/mol. The lowest BCUT2D eigenvalue weighted by Gasteiger charge is -2.13. The maximum atomic E-state index is 12.9. The molecule has 0 aliphatic carbocycles. The largest absolute Gasteiger partial charge is 0.490 e. The van der Waals surface area contributed by atoms with Gasteiger partial charge in [-0.1, -0.05) is 54.6 Å². The Morgan fingerprint density at radius 1 is 0.971 bits per heavy atom. The van der Waals surface area contributed by atoms with Gasteiger partial charge in [0.15, 0.2) is 11.5 Å². The van der Waals surface area contributed by atoms with E-state index in [0.717, 1.165) is 28.5 Å². The number of rotatable bonds is 8. The normalized spacial score (nSPS) is 14.4. The van der Waals surface area contributed by atoms with Crippen molar-refractivity contribution in [1.82, 2.24) is 4.90 Å². The molecule has 1 aliphatic rings. The molecular formula is C27H22N2O4S. The van der Waals surface area contributed by atoms with E-state index in [1.165, 1.54) is 4.90 Å². The van der Waals surface area contributed by atoms with Crippen LogP contribution in [0.2, 0.25) is 0 Å². The molecule has 0 radical (unpaired) electrons. The predicted molar refractivity (Wildman–Crippen MR) is 131 cm³/mol. The van der Waals surface area contributed by atoms with Gasteiger partial charge in [0.05, 0.1) is 29.7 Å². The quantitative estimate of drug-likeness (QED) is 0.389. The summed E-state index contributed by atoms with van der Waals surface area (Å²) >= 11 is 0.927. The molecule has 1 fully saturated rings. The highest BCUT2D eigenvalue weighted by Gasteiger charge is 2.35. The van der Waals surface area contributed by atoms with E-state index >= 15 is 0 Å². The summed E-state index contributed by atoms with van der Waals surface area (Å²) in [7, 11) is 0. The highest BCUT2D eigenvalue weighted by atomic mass is 32.2. The van der Waals surface area contributed by atoms with Crippen molar-refractivity contribution >= 4 is 29.0 Å². The van der Waals surface area contributed by atoms with Crippen LogP contribution in [-0.4, -0.2) is 22.7 Å². The molecule has 0 aromatic heterocycles. The van der Waals surface area contributed by atoms with Crippen molar-refractivity contribution in [3.63, 3.8) is 0 Å². The number of ether oxygens (including phenoxy) is 2. The Morgan fingerprint density at radius 2 is 1.74 bits per heavy atom. The number of thioether (sulfide) groups is 1. The number of hydrogen-bond acceptors (Lipinski definition) is 6. The first-order chi connectivity index (χ1) is 16.6. The van der Waals surface area contributed by atoms with Crippen LogP contribution in [0.5, 0.6) is 11.5 Å². The van der Waals surface area contributed by atoms with Gasteiger partial charge in [0.25, 0.3) is 11.1 Å². The number of benzene rings is 3. The van der Waals surface area contributed by atoms with E-state index in [9.17, 15) is 14.9 Å². The van der Waals surface area contributed by atoms with Gasteiger partial charge in [-0.3, -0.25) is 14.5 Å². The van der Waals surface area contributed by atoms with Crippen molar-refractivity contribution in [2.24, 2.45) is 0 Å². The number of nitrogens with zero attached hydrogens (tertiary/aromatic N) is 2. The van der Waals surface area contributed by atoms with Gasteiger partial charge in [0, 0.05) is 5.56 Å². The molecule has 34 heavy (non-hydrogen) atoms. The van der Waals surface area contributed by atoms with E-state index in [2.05, 4.69) is 6.07 Å². The fourth-order valence-corrected chi connectivity index (χ4v) is 4.30. The van der Waals surface area contributed by atoms with E-state index in [4.69, 9.17) is 9.47 Å². The Kier molecular flexibility index (Phi) is 7.31. The van der Waals surface area contributed by atoms with Crippen molar-refractivity contribution in [3.8, 4) is 17.6 Å². The van der Waals surface area contributed by atoms with Crippen molar-refractivity contribution in [1.29, 1.82) is 5.26 Å². The lowest BCUT2D eigenvalue weighted by Crippen LogP contribution is -2.27. The zero-order valence-electron chi connectivity index (χ0n) is 18.6. The summed E-state index contributed by atoms with van der Waals surface area (Å²) in [4.78, 5) is 26.9. The summed E-state index contributed by atoms with van der Waals surface area (Å²) in [6.07, 6.45) is 1.69. The topological polar surface area (TPSA) is 79.6 Å². The minimum Gasteiger partial charge on any atom is -0.490 e. The van der Waals surface area contributed by atoms with E-state index in [1.54, 1.807) is 30.3 Å². The highest BCUT2D eigenvalue weighted by molar-refractivity contribution is 8.18. The molecular weight excluding hydrogens is 448 g/mol. The van der Waals surface area contributed by atoms with Crippen molar-refractivity contribution in [2.75, 3.05) is 6.61 Å². The molecule has 0 N–H and O–H groups in total. The van der Waals surface area contributed by atoms with E-state index in [-0.39, 0.29) is 24.3 Å². The van der Waals surface area contributed by atoms with Crippen LogP contribution >= 0.6 is 11.8 Å². The van der Waals surface area contributed by atoms with Crippen LogP contribution in [0.15, 0.2) is 77.7 Å². The lowest BCUT2D eigenvalue weighted by atomic mass is 10.1. The first-order valence-corrected chi connectivity index (χ1v) is 11.6. The van der Waals surface area contributed by atoms with Crippen LogP contribution in [0.4, 0.5) is 4.79 Å². The molecule has 170 valence electrons. The van der Waals surface area contributed by atoms with Gasteiger partial charge in [-0.05, 0) is 54.1 Å². The smallest absolute Gasteiger partial charge is 0.293 e. The van der Waals surface area contributed by atoms with Gasteiger partial charge in [-0.2, -0.15) is 5.26 Å². The number of carbonyl (C=O) groups excluding carboxylic acids is 2. The summed E-state index contributed by atoms with van der Waals surface area (Å²) in [5.41, 5.74) is 2.95.